The largest absolute Gasteiger partial charge is 0.497 e. The van der Waals surface area contributed by atoms with Crippen molar-refractivity contribution < 1.29 is 4.74 Å². The van der Waals surface area contributed by atoms with Crippen molar-refractivity contribution in [1.82, 2.24) is 9.97 Å². The van der Waals surface area contributed by atoms with Gasteiger partial charge in [0.2, 0.25) is 0 Å². The summed E-state index contributed by atoms with van der Waals surface area (Å²) in [5.41, 5.74) is 4.48. The fraction of sp³-hybridized carbons (Fsp3) is 0.421. The van der Waals surface area contributed by atoms with Gasteiger partial charge in [0.1, 0.15) is 5.75 Å². The van der Waals surface area contributed by atoms with Gasteiger partial charge in [-0.2, -0.15) is 0 Å². The molecule has 1 aliphatic carbocycles. The lowest BCUT2D eigenvalue weighted by Gasteiger charge is -2.22. The predicted octanol–water partition coefficient (Wildman–Crippen LogP) is 5.35. The molecule has 1 aliphatic rings. The number of benzene rings is 1. The summed E-state index contributed by atoms with van der Waals surface area (Å²) < 4.78 is 5.38. The first kappa shape index (κ1) is 15.5. The van der Waals surface area contributed by atoms with Crippen molar-refractivity contribution in [2.45, 2.75) is 45.1 Å². The van der Waals surface area contributed by atoms with Crippen molar-refractivity contribution in [2.24, 2.45) is 0 Å². The highest BCUT2D eigenvalue weighted by atomic mass is 32.1. The van der Waals surface area contributed by atoms with E-state index in [1.54, 1.807) is 18.4 Å². The van der Waals surface area contributed by atoms with E-state index in [9.17, 15) is 0 Å². The highest BCUT2D eigenvalue weighted by molar-refractivity contribution is 7.14. The van der Waals surface area contributed by atoms with Crippen LogP contribution >= 0.6 is 11.3 Å². The van der Waals surface area contributed by atoms with Crippen molar-refractivity contribution in [3.8, 4) is 17.0 Å². The number of aromatic amines is 1. The predicted molar refractivity (Wildman–Crippen MR) is 101 cm³/mol. The molecule has 0 aliphatic heterocycles. The van der Waals surface area contributed by atoms with Crippen LogP contribution in [0.15, 0.2) is 23.6 Å². The number of aryl methyl sites for hydroxylation is 1. The molecule has 5 heteroatoms. The van der Waals surface area contributed by atoms with Gasteiger partial charge in [0.25, 0.3) is 0 Å². The highest BCUT2D eigenvalue weighted by Gasteiger charge is 2.17. The number of hydrogen-bond acceptors (Lipinski definition) is 4. The van der Waals surface area contributed by atoms with Crippen LogP contribution in [0.25, 0.3) is 22.2 Å². The lowest BCUT2D eigenvalue weighted by molar-refractivity contribution is 0.415. The minimum absolute atomic E-state index is 0.585. The van der Waals surface area contributed by atoms with Crippen molar-refractivity contribution in [2.75, 3.05) is 12.4 Å². The highest BCUT2D eigenvalue weighted by Crippen LogP contribution is 2.36. The van der Waals surface area contributed by atoms with Gasteiger partial charge in [-0.25, -0.2) is 4.98 Å². The zero-order valence-corrected chi connectivity index (χ0v) is 15.0. The lowest BCUT2D eigenvalue weighted by atomic mass is 9.96. The Balaban J connectivity index is 1.66. The van der Waals surface area contributed by atoms with E-state index in [4.69, 9.17) is 9.72 Å². The molecule has 2 aromatic heterocycles. The molecule has 0 spiro atoms. The fourth-order valence-corrected chi connectivity index (χ4v) is 4.42. The maximum atomic E-state index is 5.38. The first-order chi connectivity index (χ1) is 11.7. The minimum Gasteiger partial charge on any atom is -0.497 e. The Hall–Kier alpha value is -2.01. The second-order valence-corrected chi connectivity index (χ2v) is 7.41. The zero-order valence-electron chi connectivity index (χ0n) is 14.2. The Labute approximate surface area is 146 Å². The minimum atomic E-state index is 0.585. The number of hydrogen-bond donors (Lipinski definition) is 2. The van der Waals surface area contributed by atoms with E-state index in [1.165, 1.54) is 43.1 Å². The molecule has 0 amide bonds. The van der Waals surface area contributed by atoms with Crippen LogP contribution in [0, 0.1) is 6.92 Å². The first-order valence-electron chi connectivity index (χ1n) is 8.63. The summed E-state index contributed by atoms with van der Waals surface area (Å²) in [5, 5.41) is 7.98. The Bertz CT molecular complexity index is 846. The Morgan fingerprint density at radius 2 is 2.08 bits per heavy atom. The summed E-state index contributed by atoms with van der Waals surface area (Å²) in [6.45, 7) is 2.11. The molecule has 0 saturated heterocycles. The molecule has 1 aromatic carbocycles. The molecule has 3 aromatic rings. The fourth-order valence-electron chi connectivity index (χ4n) is 3.64. The quantitative estimate of drug-likeness (QED) is 0.672. The third-order valence-electron chi connectivity index (χ3n) is 4.89. The number of thiazole rings is 1. The number of nitrogens with zero attached hydrogens (tertiary/aromatic N) is 1. The average Bonchev–Trinajstić information content (AvgIpc) is 3.18. The molecule has 2 N–H and O–H groups in total. The maximum absolute atomic E-state index is 5.38. The summed E-state index contributed by atoms with van der Waals surface area (Å²) in [4.78, 5) is 8.32. The van der Waals surface area contributed by atoms with E-state index < -0.39 is 0 Å². The van der Waals surface area contributed by atoms with E-state index >= 15 is 0 Å². The van der Waals surface area contributed by atoms with Crippen molar-refractivity contribution in [1.29, 1.82) is 0 Å². The molecule has 0 bridgehead atoms. The normalized spacial score (nSPS) is 15.8. The van der Waals surface area contributed by atoms with Gasteiger partial charge in [-0.05, 0) is 38.0 Å². The molecule has 0 radical (unpaired) electrons. The van der Waals surface area contributed by atoms with Crippen LogP contribution in [0.5, 0.6) is 5.75 Å². The van der Waals surface area contributed by atoms with Gasteiger partial charge in [-0.15, -0.1) is 11.3 Å². The molecular formula is C19H23N3OS. The van der Waals surface area contributed by atoms with Gasteiger partial charge in [-0.1, -0.05) is 19.3 Å². The molecule has 1 saturated carbocycles. The Morgan fingerprint density at radius 3 is 2.88 bits per heavy atom. The smallest absolute Gasteiger partial charge is 0.183 e. The van der Waals surface area contributed by atoms with Crippen LogP contribution in [0.4, 0.5) is 5.13 Å². The summed E-state index contributed by atoms with van der Waals surface area (Å²) in [7, 11) is 1.70. The van der Waals surface area contributed by atoms with Crippen LogP contribution in [0.2, 0.25) is 0 Å². The number of rotatable bonds is 4. The van der Waals surface area contributed by atoms with E-state index in [0.29, 0.717) is 6.04 Å². The maximum Gasteiger partial charge on any atom is 0.183 e. The van der Waals surface area contributed by atoms with Gasteiger partial charge < -0.3 is 15.0 Å². The van der Waals surface area contributed by atoms with E-state index in [0.717, 1.165) is 27.8 Å². The number of anilines is 1. The molecule has 4 nitrogen and oxygen atoms in total. The number of ether oxygens (including phenoxy) is 1. The standard InChI is InChI=1S/C19H23N3OS/c1-12-18(15-10-14(23-2)8-9-16(15)20-12)17-11-24-19(22-17)21-13-6-4-3-5-7-13/h8-11,13,20H,3-7H2,1-2H3,(H,21,22). The molecular weight excluding hydrogens is 318 g/mol. The number of H-pyrrole nitrogens is 1. The van der Waals surface area contributed by atoms with Crippen molar-refractivity contribution >= 4 is 27.4 Å². The number of aromatic nitrogens is 2. The van der Waals surface area contributed by atoms with E-state index in [-0.39, 0.29) is 0 Å². The molecule has 0 unspecified atom stereocenters. The monoisotopic (exact) mass is 341 g/mol. The average molecular weight is 341 g/mol. The van der Waals surface area contributed by atoms with Crippen LogP contribution in [-0.2, 0) is 0 Å². The summed E-state index contributed by atoms with van der Waals surface area (Å²) in [6.07, 6.45) is 6.56. The second-order valence-electron chi connectivity index (χ2n) is 6.55. The van der Waals surface area contributed by atoms with Gasteiger partial charge in [0.15, 0.2) is 5.13 Å². The Morgan fingerprint density at radius 1 is 1.25 bits per heavy atom. The third kappa shape index (κ3) is 2.88. The molecule has 2 heterocycles. The van der Waals surface area contributed by atoms with Gasteiger partial charge in [0, 0.05) is 33.6 Å². The second kappa shape index (κ2) is 6.48. The van der Waals surface area contributed by atoms with Crippen molar-refractivity contribution in [3.63, 3.8) is 0 Å². The SMILES string of the molecule is COc1ccc2[nH]c(C)c(-c3csc(NC4CCCCC4)n3)c2c1. The zero-order chi connectivity index (χ0) is 16.5. The summed E-state index contributed by atoms with van der Waals surface area (Å²) >= 11 is 1.70. The first-order valence-corrected chi connectivity index (χ1v) is 9.51. The molecule has 4 rings (SSSR count). The molecule has 24 heavy (non-hydrogen) atoms. The van der Waals surface area contributed by atoms with Crippen LogP contribution in [0.3, 0.4) is 0 Å². The lowest BCUT2D eigenvalue weighted by Crippen LogP contribution is -2.21. The van der Waals surface area contributed by atoms with Crippen LogP contribution in [0.1, 0.15) is 37.8 Å². The van der Waals surface area contributed by atoms with Crippen molar-refractivity contribution in [3.05, 3.63) is 29.3 Å². The van der Waals surface area contributed by atoms with Gasteiger partial charge in [-0.3, -0.25) is 0 Å². The summed E-state index contributed by atoms with van der Waals surface area (Å²) in [5.74, 6) is 0.874. The summed E-state index contributed by atoms with van der Waals surface area (Å²) in [6, 6.07) is 6.72. The van der Waals surface area contributed by atoms with E-state index in [1.807, 2.05) is 6.07 Å². The number of methoxy groups -OCH3 is 1. The number of fused-ring (bicyclic) bond motifs is 1. The van der Waals surface area contributed by atoms with Crippen LogP contribution in [-0.4, -0.2) is 23.1 Å². The Kier molecular flexibility index (Phi) is 4.19. The number of nitrogens with one attached hydrogen (secondary N) is 2. The van der Waals surface area contributed by atoms with E-state index in [2.05, 4.69) is 34.7 Å². The topological polar surface area (TPSA) is 49.9 Å². The van der Waals surface area contributed by atoms with Gasteiger partial charge in [0.05, 0.1) is 12.8 Å². The molecule has 126 valence electrons. The molecule has 1 fully saturated rings. The third-order valence-corrected chi connectivity index (χ3v) is 5.66. The van der Waals surface area contributed by atoms with Gasteiger partial charge >= 0.3 is 0 Å². The molecule has 0 atom stereocenters. The van der Waals surface area contributed by atoms with Crippen LogP contribution < -0.4 is 10.1 Å².